The zero-order chi connectivity index (χ0) is 18.1. The summed E-state index contributed by atoms with van der Waals surface area (Å²) < 4.78 is 36.9. The minimum atomic E-state index is -4.27. The molecule has 130 valence electrons. The van der Waals surface area contributed by atoms with Gasteiger partial charge in [0.1, 0.15) is 23.3 Å². The molecule has 0 radical (unpaired) electrons. The van der Waals surface area contributed by atoms with E-state index in [-0.39, 0.29) is 10.9 Å². The molecule has 0 unspecified atom stereocenters. The summed E-state index contributed by atoms with van der Waals surface area (Å²) in [6.45, 7) is 9.58. The zero-order valence-electron chi connectivity index (χ0n) is 14.1. The molecule has 1 rings (SSSR count). The molecule has 1 aromatic carbocycles. The minimum absolute atomic E-state index is 0.178. The van der Waals surface area contributed by atoms with Crippen LogP contribution in [0.2, 0.25) is 0 Å². The van der Waals surface area contributed by atoms with Gasteiger partial charge in [-0.1, -0.05) is 24.3 Å². The lowest BCUT2D eigenvalue weighted by Crippen LogP contribution is -2.42. The van der Waals surface area contributed by atoms with E-state index in [1.165, 1.54) is 18.2 Å². The molecule has 0 aromatic heterocycles. The zero-order valence-corrected chi connectivity index (χ0v) is 14.9. The van der Waals surface area contributed by atoms with Crippen molar-refractivity contribution in [2.24, 2.45) is 0 Å². The van der Waals surface area contributed by atoms with Crippen molar-refractivity contribution < 1.29 is 27.0 Å². The van der Waals surface area contributed by atoms with Crippen LogP contribution in [0.15, 0.2) is 41.8 Å². The second-order valence-corrected chi connectivity index (χ2v) is 6.99. The maximum Gasteiger partial charge on any atom is 0.330 e. The van der Waals surface area contributed by atoms with Crippen LogP contribution in [0.4, 0.5) is 0 Å². The van der Waals surface area contributed by atoms with Gasteiger partial charge in [-0.25, -0.2) is 13.2 Å². The summed E-state index contributed by atoms with van der Waals surface area (Å²) in [6, 6.07) is 5.78. The molecule has 6 nitrogen and oxygen atoms in total. The van der Waals surface area contributed by atoms with Crippen molar-refractivity contribution in [3.63, 3.8) is 0 Å². The Morgan fingerprint density at radius 2 is 1.83 bits per heavy atom. The van der Waals surface area contributed by atoms with E-state index in [9.17, 15) is 17.8 Å². The van der Waals surface area contributed by atoms with Crippen molar-refractivity contribution in [1.29, 1.82) is 0 Å². The van der Waals surface area contributed by atoms with E-state index in [0.717, 1.165) is 23.1 Å². The van der Waals surface area contributed by atoms with Crippen LogP contribution in [-0.4, -0.2) is 57.2 Å². The van der Waals surface area contributed by atoms with Gasteiger partial charge in [-0.3, -0.25) is 0 Å². The van der Waals surface area contributed by atoms with Crippen molar-refractivity contribution in [2.45, 2.75) is 18.7 Å². The second kappa shape index (κ2) is 9.44. The number of nitrogens with zero attached hydrogens (tertiary/aromatic N) is 1. The van der Waals surface area contributed by atoms with E-state index in [0.29, 0.717) is 6.61 Å². The number of ether oxygens (including phenoxy) is 1. The average Bonchev–Trinajstić information content (AvgIpc) is 2.47. The predicted molar refractivity (Wildman–Crippen MR) is 87.8 cm³/mol. The maximum absolute atomic E-state index is 10.6. The number of benzene rings is 1. The highest BCUT2D eigenvalue weighted by molar-refractivity contribution is 7.85. The first kappa shape index (κ1) is 21.3. The summed E-state index contributed by atoms with van der Waals surface area (Å²) in [5.74, 6) is -0.342. The summed E-state index contributed by atoms with van der Waals surface area (Å²) in [4.78, 5) is 10.5. The number of quaternary nitrogens is 1. The summed E-state index contributed by atoms with van der Waals surface area (Å²) in [6.07, 6.45) is 1.19. The predicted octanol–water partition coefficient (Wildman–Crippen LogP) is 1.71. The summed E-state index contributed by atoms with van der Waals surface area (Å²) in [5.41, 5.74) is 0.928. The molecule has 0 bridgehead atoms. The molecule has 7 heteroatoms. The monoisotopic (exact) mass is 343 g/mol. The maximum atomic E-state index is 10.6. The Morgan fingerprint density at radius 1 is 1.30 bits per heavy atom. The fourth-order valence-corrected chi connectivity index (χ4v) is 1.78. The summed E-state index contributed by atoms with van der Waals surface area (Å²) in [5, 5.41) is 0. The number of carbonyl (C=O) groups is 1. The second-order valence-electron chi connectivity index (χ2n) is 5.61. The van der Waals surface area contributed by atoms with Gasteiger partial charge in [0, 0.05) is 6.08 Å². The molecule has 0 saturated carbocycles. The van der Waals surface area contributed by atoms with E-state index >= 15 is 0 Å². The number of rotatable bonds is 6. The Bertz CT molecular complexity index is 606. The molecule has 0 atom stereocenters. The number of esters is 1. The first-order chi connectivity index (χ1) is 10.5. The normalized spacial score (nSPS) is 11.2. The van der Waals surface area contributed by atoms with E-state index in [2.05, 4.69) is 27.6 Å². The van der Waals surface area contributed by atoms with Crippen LogP contribution in [0.25, 0.3) is 0 Å². The molecule has 0 N–H and O–H groups in total. The number of likely N-dealkylation sites (N-methyl/N-ethyl adjacent to an activating group) is 1. The van der Waals surface area contributed by atoms with Crippen LogP contribution in [0.3, 0.4) is 0 Å². The number of hydrogen-bond donors (Lipinski definition) is 0. The molecule has 0 aliphatic rings. The third kappa shape index (κ3) is 9.83. The van der Waals surface area contributed by atoms with E-state index < -0.39 is 10.1 Å². The Labute approximate surface area is 138 Å². The highest BCUT2D eigenvalue weighted by atomic mass is 32.2. The van der Waals surface area contributed by atoms with E-state index in [1.807, 2.05) is 6.92 Å². The summed E-state index contributed by atoms with van der Waals surface area (Å²) in [7, 11) is -0.0717. The highest BCUT2D eigenvalue weighted by Gasteiger charge is 2.11. The van der Waals surface area contributed by atoms with Crippen LogP contribution in [0, 0.1) is 6.92 Å². The summed E-state index contributed by atoms with van der Waals surface area (Å²) >= 11 is 0. The van der Waals surface area contributed by atoms with Gasteiger partial charge in [0.15, 0.2) is 0 Å². The Kier molecular flexibility index (Phi) is 8.74. The van der Waals surface area contributed by atoms with Crippen molar-refractivity contribution in [1.82, 2.24) is 0 Å². The lowest BCUT2D eigenvalue weighted by atomic mass is 10.2. The Hall–Kier alpha value is -1.70. The molecule has 23 heavy (non-hydrogen) atoms. The largest absolute Gasteiger partial charge is 0.744 e. The van der Waals surface area contributed by atoms with Gasteiger partial charge in [-0.05, 0) is 26.0 Å². The fourth-order valence-electron chi connectivity index (χ4n) is 1.32. The molecule has 0 saturated heterocycles. The van der Waals surface area contributed by atoms with Gasteiger partial charge < -0.3 is 13.8 Å². The standard InChI is InChI=1S/C9H18NO2.C7H8O3S/c1-5-9(11)12-8-7-10(3,4)6-2;1-6-2-4-7(5-3-6)11(8,9)10/h5H,1,6-8H2,2-4H3;2-5H,1H3,(H,8,9,10)/q+1;/p-1. The van der Waals surface area contributed by atoms with E-state index in [1.54, 1.807) is 12.1 Å². The molecule has 0 heterocycles. The van der Waals surface area contributed by atoms with Crippen LogP contribution in [-0.2, 0) is 19.6 Å². The molecule has 0 amide bonds. The van der Waals surface area contributed by atoms with Crippen LogP contribution >= 0.6 is 0 Å². The molecular formula is C16H25NO5S. The third-order valence-electron chi connectivity index (χ3n) is 3.27. The smallest absolute Gasteiger partial charge is 0.330 e. The molecule has 0 spiro atoms. The van der Waals surface area contributed by atoms with E-state index in [4.69, 9.17) is 4.74 Å². The van der Waals surface area contributed by atoms with Crippen molar-refractivity contribution in [2.75, 3.05) is 33.8 Å². The fraction of sp³-hybridized carbons (Fsp3) is 0.438. The number of carbonyl (C=O) groups excluding carboxylic acids is 1. The van der Waals surface area contributed by atoms with Gasteiger partial charge in [-0.2, -0.15) is 0 Å². The first-order valence-corrected chi connectivity index (χ1v) is 8.56. The van der Waals surface area contributed by atoms with Crippen molar-refractivity contribution in [3.8, 4) is 0 Å². The highest BCUT2D eigenvalue weighted by Crippen LogP contribution is 2.08. The minimum Gasteiger partial charge on any atom is -0.744 e. The van der Waals surface area contributed by atoms with Gasteiger partial charge in [-0.15, -0.1) is 0 Å². The Balaban J connectivity index is 0.000000422. The number of hydrogen-bond acceptors (Lipinski definition) is 5. The third-order valence-corrected chi connectivity index (χ3v) is 4.12. The van der Waals surface area contributed by atoms with Crippen LogP contribution in [0.1, 0.15) is 12.5 Å². The van der Waals surface area contributed by atoms with Crippen LogP contribution in [0.5, 0.6) is 0 Å². The van der Waals surface area contributed by atoms with Crippen molar-refractivity contribution >= 4 is 16.1 Å². The van der Waals surface area contributed by atoms with Gasteiger partial charge in [0.05, 0.1) is 25.5 Å². The topological polar surface area (TPSA) is 83.5 Å². The van der Waals surface area contributed by atoms with Gasteiger partial charge >= 0.3 is 5.97 Å². The molecule has 0 aliphatic heterocycles. The molecule has 0 fully saturated rings. The number of aryl methyl sites for hydroxylation is 1. The quantitative estimate of drug-likeness (QED) is 0.340. The average molecular weight is 343 g/mol. The Morgan fingerprint density at radius 3 is 2.22 bits per heavy atom. The van der Waals surface area contributed by atoms with Crippen molar-refractivity contribution in [3.05, 3.63) is 42.5 Å². The molecular weight excluding hydrogens is 318 g/mol. The lowest BCUT2D eigenvalue weighted by molar-refractivity contribution is -0.888. The molecule has 1 aromatic rings. The first-order valence-electron chi connectivity index (χ1n) is 7.15. The van der Waals surface area contributed by atoms with Gasteiger partial charge in [0.25, 0.3) is 0 Å². The van der Waals surface area contributed by atoms with Gasteiger partial charge in [0.2, 0.25) is 0 Å². The molecule has 0 aliphatic carbocycles. The SMILES string of the molecule is C=CC(=O)OCC[N+](C)(C)CC.Cc1ccc(S(=O)(=O)[O-])cc1. The van der Waals surface area contributed by atoms with Crippen LogP contribution < -0.4 is 0 Å². The lowest BCUT2D eigenvalue weighted by Gasteiger charge is -2.27.